The molecule has 1 aromatic carbocycles. The molecule has 0 saturated heterocycles. The fourth-order valence-corrected chi connectivity index (χ4v) is 4.63. The normalized spacial score (nSPS) is 12.4. The summed E-state index contributed by atoms with van der Waals surface area (Å²) in [6.07, 6.45) is 5.52. The number of aromatic nitrogens is 4. The average Bonchev–Trinajstić information content (AvgIpc) is 3.36. The Kier molecular flexibility index (Phi) is 7.21. The van der Waals surface area contributed by atoms with Gasteiger partial charge in [-0.3, -0.25) is 4.79 Å². The molecular weight excluding hydrogens is 454 g/mol. The Balaban J connectivity index is 1.48. The number of hydrogen-bond donors (Lipinski definition) is 1. The number of halogens is 1. The highest BCUT2D eigenvalue weighted by Gasteiger charge is 2.21. The Hall–Kier alpha value is -2.72. The molecule has 0 fully saturated rings. The van der Waals surface area contributed by atoms with Gasteiger partial charge in [0.05, 0.1) is 11.6 Å². The summed E-state index contributed by atoms with van der Waals surface area (Å²) in [6, 6.07) is 3.60. The largest absolute Gasteiger partial charge is 0.466 e. The minimum Gasteiger partial charge on any atom is -0.466 e. The van der Waals surface area contributed by atoms with Gasteiger partial charge in [0, 0.05) is 23.9 Å². The molecule has 11 heteroatoms. The number of nitrogens with zero attached hydrogens (tertiary/aromatic N) is 4. The molecule has 1 aliphatic heterocycles. The van der Waals surface area contributed by atoms with E-state index in [9.17, 15) is 4.79 Å². The molecular formula is C21H24ClN5O4S. The summed E-state index contributed by atoms with van der Waals surface area (Å²) in [5.74, 6) is 1.48. The van der Waals surface area contributed by atoms with E-state index in [0.29, 0.717) is 53.1 Å². The number of rotatable bonds is 10. The zero-order chi connectivity index (χ0) is 22.5. The lowest BCUT2D eigenvalue weighted by Gasteiger charge is -2.10. The van der Waals surface area contributed by atoms with Crippen molar-refractivity contribution in [1.82, 2.24) is 19.5 Å². The number of benzene rings is 1. The van der Waals surface area contributed by atoms with Crippen LogP contribution in [0.25, 0.3) is 11.2 Å². The number of carbonyl (C=O) groups is 1. The third-order valence-corrected chi connectivity index (χ3v) is 6.45. The molecule has 0 bridgehead atoms. The van der Waals surface area contributed by atoms with Gasteiger partial charge in [-0.25, -0.2) is 15.0 Å². The fourth-order valence-electron chi connectivity index (χ4n) is 3.41. The van der Waals surface area contributed by atoms with Crippen LogP contribution >= 0.6 is 23.4 Å². The van der Waals surface area contributed by atoms with E-state index in [-0.39, 0.29) is 12.8 Å². The van der Waals surface area contributed by atoms with Crippen molar-refractivity contribution in [2.24, 2.45) is 0 Å². The van der Waals surface area contributed by atoms with Crippen LogP contribution in [0.4, 0.5) is 5.82 Å². The second-order valence-corrected chi connectivity index (χ2v) is 8.60. The molecule has 4 rings (SSSR count). The molecule has 32 heavy (non-hydrogen) atoms. The van der Waals surface area contributed by atoms with E-state index >= 15 is 0 Å². The second kappa shape index (κ2) is 10.3. The number of anilines is 1. The SMILES string of the molecule is CCOC(=O)CCCCCCn1c(Sc2cc3c(cc2Cl)OCO3)nc2c(N)ncnc21. The molecule has 0 radical (unpaired) electrons. The third kappa shape index (κ3) is 5.02. The number of fused-ring (bicyclic) bond motifs is 2. The van der Waals surface area contributed by atoms with Crippen molar-refractivity contribution in [3.8, 4) is 11.5 Å². The first-order valence-electron chi connectivity index (χ1n) is 10.5. The predicted octanol–water partition coefficient (Wildman–Crippen LogP) is 4.46. The van der Waals surface area contributed by atoms with E-state index in [4.69, 9.17) is 31.5 Å². The fraction of sp³-hybridized carbons (Fsp3) is 0.429. The number of ether oxygens (including phenoxy) is 3. The van der Waals surface area contributed by atoms with Crippen LogP contribution in [0, 0.1) is 0 Å². The van der Waals surface area contributed by atoms with E-state index in [1.165, 1.54) is 18.1 Å². The molecule has 0 atom stereocenters. The van der Waals surface area contributed by atoms with E-state index in [1.807, 2.05) is 17.6 Å². The van der Waals surface area contributed by atoms with E-state index in [1.54, 1.807) is 6.07 Å². The van der Waals surface area contributed by atoms with Gasteiger partial charge in [-0.1, -0.05) is 24.4 Å². The summed E-state index contributed by atoms with van der Waals surface area (Å²) in [5.41, 5.74) is 7.29. The van der Waals surface area contributed by atoms with E-state index in [2.05, 4.69) is 15.0 Å². The van der Waals surface area contributed by atoms with Gasteiger partial charge in [0.25, 0.3) is 0 Å². The van der Waals surface area contributed by atoms with Crippen LogP contribution < -0.4 is 15.2 Å². The zero-order valence-corrected chi connectivity index (χ0v) is 19.2. The van der Waals surface area contributed by atoms with Crippen LogP contribution in [-0.4, -0.2) is 38.9 Å². The topological polar surface area (TPSA) is 114 Å². The molecule has 3 heterocycles. The second-order valence-electron chi connectivity index (χ2n) is 7.18. The smallest absolute Gasteiger partial charge is 0.305 e. The van der Waals surface area contributed by atoms with Crippen LogP contribution in [0.2, 0.25) is 5.02 Å². The first kappa shape index (κ1) is 22.5. The molecule has 0 saturated carbocycles. The highest BCUT2D eigenvalue weighted by atomic mass is 35.5. The van der Waals surface area contributed by atoms with Crippen molar-refractivity contribution in [2.45, 2.75) is 55.6 Å². The molecule has 170 valence electrons. The number of unbranched alkanes of at least 4 members (excludes halogenated alkanes) is 3. The lowest BCUT2D eigenvalue weighted by Crippen LogP contribution is -2.04. The van der Waals surface area contributed by atoms with Crippen molar-refractivity contribution >= 4 is 46.3 Å². The molecule has 0 amide bonds. The molecule has 2 N–H and O–H groups in total. The maximum absolute atomic E-state index is 11.5. The first-order chi connectivity index (χ1) is 15.6. The van der Waals surface area contributed by atoms with Crippen molar-refractivity contribution in [3.63, 3.8) is 0 Å². The van der Waals surface area contributed by atoms with Crippen LogP contribution in [0.3, 0.4) is 0 Å². The molecule has 1 aliphatic rings. The van der Waals surface area contributed by atoms with Gasteiger partial charge in [0.1, 0.15) is 6.33 Å². The number of hydrogen-bond acceptors (Lipinski definition) is 9. The summed E-state index contributed by atoms with van der Waals surface area (Å²) >= 11 is 7.88. The number of nitrogens with two attached hydrogens (primary N) is 1. The monoisotopic (exact) mass is 477 g/mol. The van der Waals surface area contributed by atoms with Gasteiger partial charge in [0.2, 0.25) is 6.79 Å². The Bertz CT molecular complexity index is 1120. The van der Waals surface area contributed by atoms with Gasteiger partial charge in [-0.15, -0.1) is 0 Å². The van der Waals surface area contributed by atoms with Gasteiger partial charge in [0.15, 0.2) is 33.6 Å². The Morgan fingerprint density at radius 2 is 2.00 bits per heavy atom. The highest BCUT2D eigenvalue weighted by Crippen LogP contribution is 2.43. The maximum Gasteiger partial charge on any atom is 0.305 e. The Morgan fingerprint density at radius 3 is 2.81 bits per heavy atom. The highest BCUT2D eigenvalue weighted by molar-refractivity contribution is 7.99. The van der Waals surface area contributed by atoms with Gasteiger partial charge >= 0.3 is 5.97 Å². The molecule has 3 aromatic rings. The number of carbonyl (C=O) groups excluding carboxylic acids is 1. The summed E-state index contributed by atoms with van der Waals surface area (Å²) in [6.45, 7) is 3.12. The lowest BCUT2D eigenvalue weighted by atomic mass is 10.1. The maximum atomic E-state index is 11.5. The molecule has 0 unspecified atom stereocenters. The lowest BCUT2D eigenvalue weighted by molar-refractivity contribution is -0.143. The van der Waals surface area contributed by atoms with Crippen molar-refractivity contribution in [1.29, 1.82) is 0 Å². The summed E-state index contributed by atoms with van der Waals surface area (Å²) in [5, 5.41) is 1.27. The van der Waals surface area contributed by atoms with Gasteiger partial charge in [-0.05, 0) is 37.6 Å². The van der Waals surface area contributed by atoms with E-state index in [0.717, 1.165) is 35.7 Å². The summed E-state index contributed by atoms with van der Waals surface area (Å²) < 4.78 is 17.9. The Morgan fingerprint density at radius 1 is 1.22 bits per heavy atom. The van der Waals surface area contributed by atoms with Crippen molar-refractivity contribution in [3.05, 3.63) is 23.5 Å². The molecule has 0 aliphatic carbocycles. The van der Waals surface area contributed by atoms with Gasteiger partial charge < -0.3 is 24.5 Å². The first-order valence-corrected chi connectivity index (χ1v) is 11.7. The van der Waals surface area contributed by atoms with E-state index < -0.39 is 0 Å². The molecule has 0 spiro atoms. The number of aryl methyl sites for hydroxylation is 1. The van der Waals surface area contributed by atoms with Crippen LogP contribution in [0.1, 0.15) is 39.0 Å². The zero-order valence-electron chi connectivity index (χ0n) is 17.7. The molecule has 2 aromatic heterocycles. The van der Waals surface area contributed by atoms with Crippen molar-refractivity contribution in [2.75, 3.05) is 19.1 Å². The minimum absolute atomic E-state index is 0.139. The molecule has 9 nitrogen and oxygen atoms in total. The number of esters is 1. The number of imidazole rings is 1. The minimum atomic E-state index is -0.139. The quantitative estimate of drug-likeness (QED) is 0.334. The third-order valence-electron chi connectivity index (χ3n) is 4.97. The van der Waals surface area contributed by atoms with Crippen molar-refractivity contribution < 1.29 is 19.0 Å². The van der Waals surface area contributed by atoms with Crippen LogP contribution in [-0.2, 0) is 16.1 Å². The van der Waals surface area contributed by atoms with Crippen LogP contribution in [0.5, 0.6) is 11.5 Å². The summed E-state index contributed by atoms with van der Waals surface area (Å²) in [4.78, 5) is 25.4. The predicted molar refractivity (Wildman–Crippen MR) is 121 cm³/mol. The van der Waals surface area contributed by atoms with Crippen LogP contribution in [0.15, 0.2) is 28.5 Å². The average molecular weight is 478 g/mol. The standard InChI is InChI=1S/C21H24ClN5O4S/c1-2-29-17(28)7-5-3-4-6-8-27-20-18(19(23)24-11-25-20)26-21(27)32-16-10-15-14(9-13(16)22)30-12-31-15/h9-11H,2-8,12H2,1H3,(H2,23,24,25). The van der Waals surface area contributed by atoms with Gasteiger partial charge in [-0.2, -0.15) is 0 Å². The number of nitrogen functional groups attached to an aromatic ring is 1. The Labute approximate surface area is 194 Å². The summed E-state index contributed by atoms with van der Waals surface area (Å²) in [7, 11) is 0.